The summed E-state index contributed by atoms with van der Waals surface area (Å²) in [4.78, 5) is 28.9. The van der Waals surface area contributed by atoms with Crippen LogP contribution in [0.1, 0.15) is 109 Å². The van der Waals surface area contributed by atoms with Crippen LogP contribution in [0.15, 0.2) is 41.0 Å². The van der Waals surface area contributed by atoms with Crippen molar-refractivity contribution in [3.05, 3.63) is 57.7 Å². The monoisotopic (exact) mass is 586 g/mol. The number of ether oxygens (including phenoxy) is 3. The van der Waals surface area contributed by atoms with Crippen molar-refractivity contribution in [1.82, 2.24) is 0 Å². The number of rotatable bonds is 7. The number of aromatic hydroxyl groups is 1. The van der Waals surface area contributed by atoms with Crippen LogP contribution >= 0.6 is 0 Å². The van der Waals surface area contributed by atoms with E-state index in [1.807, 2.05) is 59.8 Å². The fourth-order valence-corrected chi connectivity index (χ4v) is 8.06. The minimum absolute atomic E-state index is 0.0275. The van der Waals surface area contributed by atoms with Crippen LogP contribution < -0.4 is 9.47 Å². The van der Waals surface area contributed by atoms with Gasteiger partial charge in [-0.15, -0.1) is 0 Å². The third-order valence-corrected chi connectivity index (χ3v) is 10.3. The van der Waals surface area contributed by atoms with Crippen molar-refractivity contribution in [3.8, 4) is 17.2 Å². The molecule has 6 heteroatoms. The molecule has 5 atom stereocenters. The molecule has 1 saturated heterocycles. The molecule has 43 heavy (non-hydrogen) atoms. The summed E-state index contributed by atoms with van der Waals surface area (Å²) in [7, 11) is 0. The molecule has 1 spiro atoms. The lowest BCUT2D eigenvalue weighted by Crippen LogP contribution is -2.72. The van der Waals surface area contributed by atoms with E-state index < -0.39 is 28.3 Å². The smallest absolute Gasteiger partial charge is 0.200 e. The van der Waals surface area contributed by atoms with Gasteiger partial charge in [0.15, 0.2) is 22.8 Å². The number of hydrogen-bond donors (Lipinski definition) is 1. The fraction of sp³-hybridized carbons (Fsp3) is 0.568. The Morgan fingerprint density at radius 3 is 2.40 bits per heavy atom. The topological polar surface area (TPSA) is 82.1 Å². The van der Waals surface area contributed by atoms with Crippen LogP contribution in [0.4, 0.5) is 0 Å². The first-order valence-corrected chi connectivity index (χ1v) is 15.8. The van der Waals surface area contributed by atoms with Gasteiger partial charge in [-0.3, -0.25) is 9.59 Å². The summed E-state index contributed by atoms with van der Waals surface area (Å²) in [6.45, 7) is 18.5. The van der Waals surface area contributed by atoms with Gasteiger partial charge in [0.2, 0.25) is 0 Å². The van der Waals surface area contributed by atoms with Crippen LogP contribution in [0, 0.1) is 17.8 Å². The molecule has 230 valence electrons. The second kappa shape index (κ2) is 9.69. The number of carbonyl (C=O) groups is 2. The van der Waals surface area contributed by atoms with E-state index in [2.05, 4.69) is 26.8 Å². The Morgan fingerprint density at radius 1 is 1.05 bits per heavy atom. The van der Waals surface area contributed by atoms with Crippen molar-refractivity contribution in [2.45, 2.75) is 117 Å². The van der Waals surface area contributed by atoms with Crippen molar-refractivity contribution >= 4 is 17.6 Å². The number of fused-ring (bicyclic) bond motifs is 2. The van der Waals surface area contributed by atoms with E-state index in [0.29, 0.717) is 47.8 Å². The molecule has 0 aromatic heterocycles. The Kier molecular flexibility index (Phi) is 6.74. The zero-order chi connectivity index (χ0) is 31.3. The lowest BCUT2D eigenvalue weighted by atomic mass is 9.51. The second-order valence-corrected chi connectivity index (χ2v) is 15.0. The highest BCUT2D eigenvalue weighted by atomic mass is 16.6. The third-order valence-electron chi connectivity index (χ3n) is 10.3. The van der Waals surface area contributed by atoms with Crippen LogP contribution in [0.3, 0.4) is 0 Å². The van der Waals surface area contributed by atoms with Crippen molar-refractivity contribution in [2.24, 2.45) is 17.8 Å². The summed E-state index contributed by atoms with van der Waals surface area (Å²) >= 11 is 0. The minimum atomic E-state index is -1.34. The predicted molar refractivity (Wildman–Crippen MR) is 168 cm³/mol. The van der Waals surface area contributed by atoms with E-state index in [9.17, 15) is 14.7 Å². The van der Waals surface area contributed by atoms with E-state index in [1.165, 1.54) is 0 Å². The van der Waals surface area contributed by atoms with E-state index >= 15 is 0 Å². The molecular weight excluding hydrogens is 540 g/mol. The van der Waals surface area contributed by atoms with E-state index in [1.54, 1.807) is 6.08 Å². The summed E-state index contributed by atoms with van der Waals surface area (Å²) in [6.07, 6.45) is 12.9. The van der Waals surface area contributed by atoms with E-state index in [-0.39, 0.29) is 28.8 Å². The van der Waals surface area contributed by atoms with E-state index in [4.69, 9.17) is 14.2 Å². The highest BCUT2D eigenvalue weighted by Crippen LogP contribution is 2.68. The highest BCUT2D eigenvalue weighted by Gasteiger charge is 2.81. The lowest BCUT2D eigenvalue weighted by Gasteiger charge is -2.56. The van der Waals surface area contributed by atoms with Gasteiger partial charge in [-0.1, -0.05) is 43.2 Å². The molecule has 3 aliphatic carbocycles. The summed E-state index contributed by atoms with van der Waals surface area (Å²) < 4.78 is 20.8. The summed E-state index contributed by atoms with van der Waals surface area (Å²) in [6, 6.07) is 0. The Morgan fingerprint density at radius 2 is 1.74 bits per heavy atom. The number of carbonyl (C=O) groups excluding carboxylic acids is 2. The van der Waals surface area contributed by atoms with Crippen molar-refractivity contribution in [2.75, 3.05) is 0 Å². The van der Waals surface area contributed by atoms with Crippen molar-refractivity contribution < 1.29 is 28.9 Å². The molecule has 4 bridgehead atoms. The van der Waals surface area contributed by atoms with Gasteiger partial charge >= 0.3 is 0 Å². The predicted octanol–water partition coefficient (Wildman–Crippen LogP) is 7.86. The molecular formula is C37H46O6. The molecule has 0 radical (unpaired) electrons. The van der Waals surface area contributed by atoms with Crippen LogP contribution in [0.25, 0.3) is 6.08 Å². The van der Waals surface area contributed by atoms with Crippen LogP contribution in [0.5, 0.6) is 17.2 Å². The van der Waals surface area contributed by atoms with Gasteiger partial charge in [0.1, 0.15) is 28.4 Å². The highest BCUT2D eigenvalue weighted by molar-refractivity contribution is 6.19. The average molecular weight is 587 g/mol. The molecule has 6 aliphatic rings. The van der Waals surface area contributed by atoms with Gasteiger partial charge < -0.3 is 19.3 Å². The number of phenols is 1. The normalized spacial score (nSPS) is 32.4. The standard InChI is InChI=1S/C37H46O6/c1-20(2)10-11-25-31-24(14-16-35(9,41-31)15-12-21(3)4)29(38)28-30(39)26-18-23-19-27-34(7,8)43-36(33(23)40,17-13-22(5)6)37(26,27)42-32(25)28/h10,13-14,16,18,21,23,27,38H,11-12,15,17,19H2,1-9H3/t23?,27-,35?,36?,37+/m0/s1. The SMILES string of the molecule is CC(C)=CCc1c2c(c(O)c3c1O[C@]14C(=CC5C[C@H]1C(C)(C)OC4(CC=C(C)C)C5=O)C3=O)C=CC(C)(CCC(C)C)O2. The zero-order valence-corrected chi connectivity index (χ0v) is 27.1. The Hall–Kier alpha value is -3.12. The molecule has 1 aromatic carbocycles. The van der Waals surface area contributed by atoms with Gasteiger partial charge in [-0.25, -0.2) is 0 Å². The fourth-order valence-electron chi connectivity index (χ4n) is 8.06. The van der Waals surface area contributed by atoms with E-state index in [0.717, 1.165) is 29.6 Å². The quantitative estimate of drug-likeness (QED) is 0.328. The number of benzene rings is 1. The van der Waals surface area contributed by atoms with Gasteiger partial charge in [-0.05, 0) is 92.2 Å². The molecule has 1 saturated carbocycles. The maximum atomic E-state index is 14.7. The second-order valence-electron chi connectivity index (χ2n) is 15.0. The number of ketones is 2. The zero-order valence-electron chi connectivity index (χ0n) is 27.1. The van der Waals surface area contributed by atoms with Gasteiger partial charge in [-0.2, -0.15) is 0 Å². The first kappa shape index (κ1) is 29.9. The largest absolute Gasteiger partial charge is 0.506 e. The molecule has 7 rings (SSSR count). The van der Waals surface area contributed by atoms with Crippen molar-refractivity contribution in [1.29, 1.82) is 0 Å². The van der Waals surface area contributed by atoms with Gasteiger partial charge in [0, 0.05) is 29.4 Å². The molecule has 3 unspecified atom stereocenters. The number of Topliss-reactive ketones (excluding diaryl/α,β-unsaturated/α-hetero) is 2. The third kappa shape index (κ3) is 4.15. The van der Waals surface area contributed by atoms with Gasteiger partial charge in [0.05, 0.1) is 11.2 Å². The molecule has 3 heterocycles. The Balaban J connectivity index is 1.61. The molecule has 3 aliphatic heterocycles. The maximum Gasteiger partial charge on any atom is 0.200 e. The Labute approximate surface area is 255 Å². The molecule has 1 N–H and O–H groups in total. The molecule has 0 amide bonds. The minimum Gasteiger partial charge on any atom is -0.506 e. The van der Waals surface area contributed by atoms with Crippen LogP contribution in [0.2, 0.25) is 0 Å². The number of allylic oxidation sites excluding steroid dienone is 4. The Bertz CT molecular complexity index is 1540. The van der Waals surface area contributed by atoms with Crippen LogP contribution in [-0.2, 0) is 16.0 Å². The number of hydrogen-bond acceptors (Lipinski definition) is 6. The summed E-state index contributed by atoms with van der Waals surface area (Å²) in [5.41, 5.74) is 0.0755. The molecule has 1 aromatic rings. The molecule has 2 fully saturated rings. The first-order chi connectivity index (χ1) is 20.1. The first-order valence-electron chi connectivity index (χ1n) is 15.8. The number of phenolic OH excluding ortho intramolecular Hbond substituents is 1. The summed E-state index contributed by atoms with van der Waals surface area (Å²) in [5.74, 6) is 0.270. The average Bonchev–Trinajstić information content (AvgIpc) is 3.07. The van der Waals surface area contributed by atoms with Crippen LogP contribution in [-0.4, -0.2) is 39.1 Å². The lowest BCUT2D eigenvalue weighted by molar-refractivity contribution is -0.171. The molecule has 6 nitrogen and oxygen atoms in total. The maximum absolute atomic E-state index is 14.7. The van der Waals surface area contributed by atoms with Crippen molar-refractivity contribution in [3.63, 3.8) is 0 Å². The van der Waals surface area contributed by atoms with Gasteiger partial charge in [0.25, 0.3) is 0 Å². The summed E-state index contributed by atoms with van der Waals surface area (Å²) in [5, 5.41) is 11.8.